The number of halogens is 1. The molecule has 0 saturated heterocycles. The van der Waals surface area contributed by atoms with Crippen LogP contribution in [0.1, 0.15) is 24.1 Å². The maximum absolute atomic E-state index is 13.5. The lowest BCUT2D eigenvalue weighted by Gasteiger charge is -2.26. The van der Waals surface area contributed by atoms with Crippen molar-refractivity contribution in [3.63, 3.8) is 0 Å². The predicted molar refractivity (Wildman–Crippen MR) is 133 cm³/mol. The van der Waals surface area contributed by atoms with Crippen molar-refractivity contribution < 1.29 is 22.7 Å². The summed E-state index contributed by atoms with van der Waals surface area (Å²) >= 11 is 5.93. The van der Waals surface area contributed by atoms with Crippen molar-refractivity contribution >= 4 is 33.2 Å². The Balaban J connectivity index is 1.91. The van der Waals surface area contributed by atoms with Gasteiger partial charge in [-0.2, -0.15) is 0 Å². The van der Waals surface area contributed by atoms with Gasteiger partial charge >= 0.3 is 0 Å². The van der Waals surface area contributed by atoms with Crippen LogP contribution >= 0.6 is 11.6 Å². The number of carbonyl (C=O) groups excluding carboxylic acids is 1. The summed E-state index contributed by atoms with van der Waals surface area (Å²) in [7, 11) is -0.946. The summed E-state index contributed by atoms with van der Waals surface area (Å²) in [5, 5.41) is 3.28. The number of methoxy groups -OCH3 is 2. The summed E-state index contributed by atoms with van der Waals surface area (Å²) in [6.45, 7) is 3.23. The lowest BCUT2D eigenvalue weighted by molar-refractivity contribution is -0.120. The maximum Gasteiger partial charge on any atom is 0.264 e. The molecule has 0 aromatic heterocycles. The molecule has 0 heterocycles. The maximum atomic E-state index is 13.5. The van der Waals surface area contributed by atoms with Gasteiger partial charge in [-0.05, 0) is 74.0 Å². The summed E-state index contributed by atoms with van der Waals surface area (Å²) in [6, 6.07) is 17.6. The van der Waals surface area contributed by atoms with Crippen LogP contribution < -0.4 is 19.1 Å². The predicted octanol–water partition coefficient (Wildman–Crippen LogP) is 4.74. The molecule has 7 nitrogen and oxygen atoms in total. The van der Waals surface area contributed by atoms with Gasteiger partial charge in [0.2, 0.25) is 5.91 Å². The molecule has 0 aliphatic rings. The minimum atomic E-state index is -4.04. The molecule has 0 spiro atoms. The first-order chi connectivity index (χ1) is 16.1. The SMILES string of the molecule is COc1ccc(OC)c([C@H](C)NC(=O)CN(c2cccc(C)c2)S(=O)(=O)c2ccc(Cl)cc2)c1. The van der Waals surface area contributed by atoms with Crippen LogP contribution in [-0.4, -0.2) is 35.1 Å². The molecule has 1 atom stereocenters. The number of ether oxygens (including phenoxy) is 2. The molecule has 3 rings (SSSR count). The summed E-state index contributed by atoms with van der Waals surface area (Å²) in [5.41, 5.74) is 1.96. The van der Waals surface area contributed by atoms with Crippen LogP contribution in [-0.2, 0) is 14.8 Å². The Morgan fingerprint density at radius 3 is 2.35 bits per heavy atom. The molecule has 0 radical (unpaired) electrons. The molecule has 180 valence electrons. The fourth-order valence-corrected chi connectivity index (χ4v) is 5.04. The molecule has 34 heavy (non-hydrogen) atoms. The normalized spacial score (nSPS) is 12.0. The first kappa shape index (κ1) is 25.4. The van der Waals surface area contributed by atoms with Gasteiger partial charge in [0.05, 0.1) is 30.8 Å². The highest BCUT2D eigenvalue weighted by Crippen LogP contribution is 2.30. The third-order valence-electron chi connectivity index (χ3n) is 5.26. The van der Waals surface area contributed by atoms with E-state index >= 15 is 0 Å². The molecule has 0 saturated carbocycles. The lowest BCUT2D eigenvalue weighted by atomic mass is 10.1. The number of hydrogen-bond acceptors (Lipinski definition) is 5. The Labute approximate surface area is 205 Å². The van der Waals surface area contributed by atoms with Crippen LogP contribution in [0, 0.1) is 6.92 Å². The van der Waals surface area contributed by atoms with Crippen molar-refractivity contribution in [3.05, 3.63) is 82.9 Å². The van der Waals surface area contributed by atoms with E-state index in [9.17, 15) is 13.2 Å². The molecular formula is C25H27ClN2O5S. The third-order valence-corrected chi connectivity index (χ3v) is 7.30. The van der Waals surface area contributed by atoms with E-state index in [4.69, 9.17) is 21.1 Å². The summed E-state index contributed by atoms with van der Waals surface area (Å²) < 4.78 is 38.8. The second kappa shape index (κ2) is 10.8. The minimum Gasteiger partial charge on any atom is -0.497 e. The van der Waals surface area contributed by atoms with Crippen LogP contribution in [0.5, 0.6) is 11.5 Å². The number of nitrogens with one attached hydrogen (secondary N) is 1. The quantitative estimate of drug-likeness (QED) is 0.457. The van der Waals surface area contributed by atoms with E-state index in [1.165, 1.54) is 31.4 Å². The van der Waals surface area contributed by atoms with Gasteiger partial charge in [0, 0.05) is 10.6 Å². The summed E-state index contributed by atoms with van der Waals surface area (Å²) in [4.78, 5) is 13.1. The second-order valence-electron chi connectivity index (χ2n) is 7.70. The van der Waals surface area contributed by atoms with Crippen LogP contribution in [0.25, 0.3) is 0 Å². The average Bonchev–Trinajstić information content (AvgIpc) is 2.82. The van der Waals surface area contributed by atoms with Crippen molar-refractivity contribution in [2.45, 2.75) is 24.8 Å². The van der Waals surface area contributed by atoms with Gasteiger partial charge in [-0.25, -0.2) is 8.42 Å². The van der Waals surface area contributed by atoms with Crippen molar-refractivity contribution in [1.29, 1.82) is 0 Å². The molecule has 3 aromatic carbocycles. The number of carbonyl (C=O) groups is 1. The lowest BCUT2D eigenvalue weighted by Crippen LogP contribution is -2.41. The van der Waals surface area contributed by atoms with Gasteiger partial charge in [0.1, 0.15) is 18.0 Å². The number of amides is 1. The van der Waals surface area contributed by atoms with Gasteiger partial charge in [0.25, 0.3) is 10.0 Å². The zero-order valence-corrected chi connectivity index (χ0v) is 21.0. The minimum absolute atomic E-state index is 0.0359. The Kier molecular flexibility index (Phi) is 8.06. The summed E-state index contributed by atoms with van der Waals surface area (Å²) in [5.74, 6) is 0.720. The number of benzene rings is 3. The highest BCUT2D eigenvalue weighted by Gasteiger charge is 2.28. The van der Waals surface area contributed by atoms with Crippen molar-refractivity contribution in [1.82, 2.24) is 5.32 Å². The van der Waals surface area contributed by atoms with Crippen molar-refractivity contribution in [2.75, 3.05) is 25.1 Å². The molecule has 0 aliphatic heterocycles. The zero-order valence-electron chi connectivity index (χ0n) is 19.4. The van der Waals surface area contributed by atoms with Crippen LogP contribution in [0.4, 0.5) is 5.69 Å². The first-order valence-electron chi connectivity index (χ1n) is 10.5. The van der Waals surface area contributed by atoms with E-state index in [-0.39, 0.29) is 4.90 Å². The second-order valence-corrected chi connectivity index (χ2v) is 10.0. The van der Waals surface area contributed by atoms with E-state index in [2.05, 4.69) is 5.32 Å². The Morgan fingerprint density at radius 1 is 1.03 bits per heavy atom. The highest BCUT2D eigenvalue weighted by atomic mass is 35.5. The molecule has 0 bridgehead atoms. The molecule has 0 fully saturated rings. The van der Waals surface area contributed by atoms with E-state index in [1.54, 1.807) is 50.4 Å². The zero-order chi connectivity index (χ0) is 24.9. The van der Waals surface area contributed by atoms with E-state index in [0.717, 1.165) is 9.87 Å². The smallest absolute Gasteiger partial charge is 0.264 e. The number of aryl methyl sites for hydroxylation is 1. The van der Waals surface area contributed by atoms with E-state index in [0.29, 0.717) is 27.8 Å². The Hall–Kier alpha value is -3.23. The Bertz CT molecular complexity index is 1260. The molecule has 0 unspecified atom stereocenters. The van der Waals surface area contributed by atoms with Gasteiger partial charge in [0.15, 0.2) is 0 Å². The number of anilines is 1. The first-order valence-corrected chi connectivity index (χ1v) is 12.3. The average molecular weight is 503 g/mol. The van der Waals surface area contributed by atoms with Gasteiger partial charge in [-0.3, -0.25) is 9.10 Å². The number of rotatable bonds is 9. The molecule has 0 aliphatic carbocycles. The molecule has 3 aromatic rings. The molecule has 1 amide bonds. The topological polar surface area (TPSA) is 84.9 Å². The fraction of sp³-hybridized carbons (Fsp3) is 0.240. The molecule has 9 heteroatoms. The molecular weight excluding hydrogens is 476 g/mol. The number of nitrogens with zero attached hydrogens (tertiary/aromatic N) is 1. The van der Waals surface area contributed by atoms with Crippen molar-refractivity contribution in [3.8, 4) is 11.5 Å². The van der Waals surface area contributed by atoms with Gasteiger partial charge < -0.3 is 14.8 Å². The molecule has 1 N–H and O–H groups in total. The number of hydrogen-bond donors (Lipinski definition) is 1. The van der Waals surface area contributed by atoms with Crippen LogP contribution in [0.2, 0.25) is 5.02 Å². The van der Waals surface area contributed by atoms with Crippen molar-refractivity contribution in [2.24, 2.45) is 0 Å². The monoisotopic (exact) mass is 502 g/mol. The van der Waals surface area contributed by atoms with E-state index < -0.39 is 28.5 Å². The summed E-state index contributed by atoms with van der Waals surface area (Å²) in [6.07, 6.45) is 0. The Morgan fingerprint density at radius 2 is 1.74 bits per heavy atom. The van der Waals surface area contributed by atoms with Gasteiger partial charge in [-0.15, -0.1) is 0 Å². The van der Waals surface area contributed by atoms with Gasteiger partial charge in [-0.1, -0.05) is 23.7 Å². The van der Waals surface area contributed by atoms with Crippen LogP contribution in [0.3, 0.4) is 0 Å². The standard InChI is InChI=1S/C25H27ClN2O5S/c1-17-6-5-7-20(14-17)28(34(30,31)22-11-8-19(26)9-12-22)16-25(29)27-18(2)23-15-21(32-3)10-13-24(23)33-4/h5-15,18H,16H2,1-4H3,(H,27,29)/t18-/m0/s1. The van der Waals surface area contributed by atoms with E-state index in [1.807, 2.05) is 13.0 Å². The van der Waals surface area contributed by atoms with Crippen LogP contribution in [0.15, 0.2) is 71.6 Å². The fourth-order valence-electron chi connectivity index (χ4n) is 3.51. The largest absolute Gasteiger partial charge is 0.497 e. The third kappa shape index (κ3) is 5.81. The number of sulfonamides is 1. The highest BCUT2D eigenvalue weighted by molar-refractivity contribution is 7.92.